The lowest BCUT2D eigenvalue weighted by Crippen LogP contribution is -2.05. The van der Waals surface area contributed by atoms with Gasteiger partial charge in [0.1, 0.15) is 10.0 Å². The zero-order valence-electron chi connectivity index (χ0n) is 8.52. The van der Waals surface area contributed by atoms with Gasteiger partial charge in [0.05, 0.1) is 12.2 Å². The van der Waals surface area contributed by atoms with Crippen LogP contribution in [0.4, 0.5) is 10.1 Å². The highest BCUT2D eigenvalue weighted by Crippen LogP contribution is 2.26. The van der Waals surface area contributed by atoms with Crippen LogP contribution < -0.4 is 11.1 Å². The molecule has 2 rings (SSSR count). The quantitative estimate of drug-likeness (QED) is 0.865. The van der Waals surface area contributed by atoms with E-state index in [0.29, 0.717) is 0 Å². The fourth-order valence-electron chi connectivity index (χ4n) is 1.17. The maximum Gasteiger partial charge on any atom is 0.185 e. The van der Waals surface area contributed by atoms with E-state index in [1.807, 2.05) is 12.3 Å². The molecule has 0 spiro atoms. The molecule has 0 aliphatic heterocycles. The minimum Gasteiger partial charge on any atom is -0.389 e. The predicted octanol–water partition coefficient (Wildman–Crippen LogP) is 2.66. The highest BCUT2D eigenvalue weighted by atomic mass is 32.1. The van der Waals surface area contributed by atoms with Crippen LogP contribution in [0.25, 0.3) is 0 Å². The molecule has 0 amide bonds. The standard InChI is InChI=1S/C9H12N4S2/c1-5-4-14-8(12-5)6(2)13-9-11-3-7(10)15-9/h3-4,6H,10H2,1-2H3,(H,11,13). The number of nitrogens with one attached hydrogen (secondary N) is 1. The minimum absolute atomic E-state index is 0.175. The number of nitrogen functional groups attached to an aromatic ring is 1. The summed E-state index contributed by atoms with van der Waals surface area (Å²) in [7, 11) is 0. The third kappa shape index (κ3) is 2.45. The van der Waals surface area contributed by atoms with Gasteiger partial charge in [0.25, 0.3) is 0 Å². The molecule has 4 nitrogen and oxygen atoms in total. The normalized spacial score (nSPS) is 12.7. The molecule has 0 aliphatic carbocycles. The van der Waals surface area contributed by atoms with Crippen LogP contribution in [-0.2, 0) is 0 Å². The molecule has 0 bridgehead atoms. The van der Waals surface area contributed by atoms with E-state index in [2.05, 4.69) is 22.2 Å². The van der Waals surface area contributed by atoms with Crippen molar-refractivity contribution < 1.29 is 0 Å². The van der Waals surface area contributed by atoms with Crippen molar-refractivity contribution in [1.29, 1.82) is 0 Å². The maximum atomic E-state index is 5.60. The summed E-state index contributed by atoms with van der Waals surface area (Å²) < 4.78 is 0. The maximum absolute atomic E-state index is 5.60. The SMILES string of the molecule is Cc1csc(C(C)Nc2ncc(N)s2)n1. The van der Waals surface area contributed by atoms with Crippen molar-refractivity contribution in [2.24, 2.45) is 0 Å². The van der Waals surface area contributed by atoms with E-state index in [9.17, 15) is 0 Å². The van der Waals surface area contributed by atoms with E-state index < -0.39 is 0 Å². The van der Waals surface area contributed by atoms with Crippen molar-refractivity contribution in [2.45, 2.75) is 19.9 Å². The summed E-state index contributed by atoms with van der Waals surface area (Å²) in [6, 6.07) is 0.175. The molecule has 2 heterocycles. The van der Waals surface area contributed by atoms with E-state index in [-0.39, 0.29) is 6.04 Å². The predicted molar refractivity (Wildman–Crippen MR) is 65.4 cm³/mol. The van der Waals surface area contributed by atoms with Gasteiger partial charge < -0.3 is 11.1 Å². The number of anilines is 2. The van der Waals surface area contributed by atoms with Crippen molar-refractivity contribution in [3.8, 4) is 0 Å². The van der Waals surface area contributed by atoms with Gasteiger partial charge in [-0.15, -0.1) is 11.3 Å². The fraction of sp³-hybridized carbons (Fsp3) is 0.333. The molecular weight excluding hydrogens is 228 g/mol. The van der Waals surface area contributed by atoms with Crippen molar-refractivity contribution in [1.82, 2.24) is 9.97 Å². The summed E-state index contributed by atoms with van der Waals surface area (Å²) in [6.07, 6.45) is 1.66. The smallest absolute Gasteiger partial charge is 0.185 e. The summed E-state index contributed by atoms with van der Waals surface area (Å²) in [5.41, 5.74) is 6.66. The summed E-state index contributed by atoms with van der Waals surface area (Å²) in [5.74, 6) is 0. The lowest BCUT2D eigenvalue weighted by Gasteiger charge is -2.08. The second-order valence-electron chi connectivity index (χ2n) is 3.26. The highest BCUT2D eigenvalue weighted by molar-refractivity contribution is 7.19. The van der Waals surface area contributed by atoms with Crippen LogP contribution in [-0.4, -0.2) is 9.97 Å². The molecule has 6 heteroatoms. The van der Waals surface area contributed by atoms with E-state index >= 15 is 0 Å². The number of thiazole rings is 2. The number of nitrogens with zero attached hydrogens (tertiary/aromatic N) is 2. The molecule has 1 atom stereocenters. The Bertz CT molecular complexity index is 448. The number of rotatable bonds is 3. The van der Waals surface area contributed by atoms with Crippen LogP contribution in [0, 0.1) is 6.92 Å². The van der Waals surface area contributed by atoms with Crippen molar-refractivity contribution in [3.05, 3.63) is 22.3 Å². The van der Waals surface area contributed by atoms with Crippen LogP contribution in [0.2, 0.25) is 0 Å². The van der Waals surface area contributed by atoms with Crippen molar-refractivity contribution in [2.75, 3.05) is 11.1 Å². The van der Waals surface area contributed by atoms with Crippen LogP contribution in [0.5, 0.6) is 0 Å². The number of aryl methyl sites for hydroxylation is 1. The molecule has 1 unspecified atom stereocenters. The summed E-state index contributed by atoms with van der Waals surface area (Å²) in [6.45, 7) is 4.06. The number of hydrogen-bond acceptors (Lipinski definition) is 6. The summed E-state index contributed by atoms with van der Waals surface area (Å²) in [5, 5.41) is 7.95. The number of nitrogens with two attached hydrogens (primary N) is 1. The van der Waals surface area contributed by atoms with Crippen molar-refractivity contribution >= 4 is 32.8 Å². The first-order valence-electron chi connectivity index (χ1n) is 4.55. The van der Waals surface area contributed by atoms with Gasteiger partial charge >= 0.3 is 0 Å². The van der Waals surface area contributed by atoms with E-state index in [4.69, 9.17) is 5.73 Å². The van der Waals surface area contributed by atoms with Gasteiger partial charge in [-0.2, -0.15) is 0 Å². The van der Waals surface area contributed by atoms with Crippen LogP contribution in [0.1, 0.15) is 23.7 Å². The Morgan fingerprint density at radius 2 is 2.33 bits per heavy atom. The van der Waals surface area contributed by atoms with Crippen LogP contribution >= 0.6 is 22.7 Å². The average molecular weight is 240 g/mol. The fourth-order valence-corrected chi connectivity index (χ4v) is 2.64. The molecule has 0 fully saturated rings. The monoisotopic (exact) mass is 240 g/mol. The molecule has 0 aliphatic rings. The Balaban J connectivity index is 2.06. The molecule has 15 heavy (non-hydrogen) atoms. The summed E-state index contributed by atoms with van der Waals surface area (Å²) in [4.78, 5) is 8.56. The second-order valence-corrected chi connectivity index (χ2v) is 5.21. The van der Waals surface area contributed by atoms with Crippen LogP contribution in [0.15, 0.2) is 11.6 Å². The van der Waals surface area contributed by atoms with Gasteiger partial charge in [-0.05, 0) is 13.8 Å². The molecule has 2 aromatic rings. The van der Waals surface area contributed by atoms with E-state index in [0.717, 1.165) is 20.8 Å². The molecule has 0 aromatic carbocycles. The van der Waals surface area contributed by atoms with Crippen LogP contribution in [0.3, 0.4) is 0 Å². The van der Waals surface area contributed by atoms with Gasteiger partial charge in [0.15, 0.2) is 5.13 Å². The Morgan fingerprint density at radius 1 is 1.53 bits per heavy atom. The third-order valence-electron chi connectivity index (χ3n) is 1.87. The molecule has 0 saturated carbocycles. The molecule has 2 aromatic heterocycles. The van der Waals surface area contributed by atoms with Gasteiger partial charge in [-0.1, -0.05) is 11.3 Å². The highest BCUT2D eigenvalue weighted by Gasteiger charge is 2.10. The average Bonchev–Trinajstić information content (AvgIpc) is 2.75. The topological polar surface area (TPSA) is 63.8 Å². The largest absolute Gasteiger partial charge is 0.389 e. The molecule has 0 saturated heterocycles. The van der Waals surface area contributed by atoms with E-state index in [1.54, 1.807) is 17.5 Å². The Morgan fingerprint density at radius 3 is 2.87 bits per heavy atom. The first-order chi connectivity index (χ1) is 7.15. The Labute approximate surface area is 96.2 Å². The van der Waals surface area contributed by atoms with Gasteiger partial charge in [0, 0.05) is 11.1 Å². The first-order valence-corrected chi connectivity index (χ1v) is 6.24. The van der Waals surface area contributed by atoms with Gasteiger partial charge in [-0.3, -0.25) is 0 Å². The zero-order chi connectivity index (χ0) is 10.8. The lowest BCUT2D eigenvalue weighted by molar-refractivity contribution is 0.861. The van der Waals surface area contributed by atoms with E-state index in [1.165, 1.54) is 11.3 Å². The minimum atomic E-state index is 0.175. The zero-order valence-corrected chi connectivity index (χ0v) is 10.2. The molecule has 3 N–H and O–H groups in total. The first kappa shape index (κ1) is 10.4. The van der Waals surface area contributed by atoms with Gasteiger partial charge in [0.2, 0.25) is 0 Å². The van der Waals surface area contributed by atoms with Gasteiger partial charge in [-0.25, -0.2) is 9.97 Å². The second kappa shape index (κ2) is 4.16. The number of aromatic nitrogens is 2. The molecule has 80 valence electrons. The number of hydrogen-bond donors (Lipinski definition) is 2. The Kier molecular flexibility index (Phi) is 2.88. The van der Waals surface area contributed by atoms with Crippen molar-refractivity contribution in [3.63, 3.8) is 0 Å². The Hall–Kier alpha value is -1.14. The third-order valence-corrected chi connectivity index (χ3v) is 3.77. The lowest BCUT2D eigenvalue weighted by atomic mass is 10.4. The molecule has 0 radical (unpaired) electrons. The summed E-state index contributed by atoms with van der Waals surface area (Å²) >= 11 is 3.11. The molecular formula is C9H12N4S2.